The topological polar surface area (TPSA) is 90.9 Å². The Morgan fingerprint density at radius 1 is 0.919 bits per heavy atom. The maximum atomic E-state index is 14.5. The van der Waals surface area contributed by atoms with Gasteiger partial charge >= 0.3 is 17.9 Å². The van der Waals surface area contributed by atoms with Crippen molar-refractivity contribution in [1.82, 2.24) is 5.32 Å². The van der Waals surface area contributed by atoms with E-state index in [9.17, 15) is 14.4 Å². The lowest BCUT2D eigenvalue weighted by atomic mass is 9.62. The molecule has 1 unspecified atom stereocenters. The van der Waals surface area contributed by atoms with Crippen molar-refractivity contribution in [2.24, 2.45) is 5.41 Å². The van der Waals surface area contributed by atoms with E-state index in [1.54, 1.807) is 41.5 Å². The molecule has 2 aromatic rings. The number of carbonyl (C=O) groups excluding carboxylic acids is 3. The molecule has 0 amide bonds. The molecule has 1 spiro atoms. The van der Waals surface area contributed by atoms with Gasteiger partial charge in [0.1, 0.15) is 16.7 Å². The lowest BCUT2D eigenvalue weighted by Crippen LogP contribution is -2.54. The van der Waals surface area contributed by atoms with E-state index >= 15 is 0 Å². The van der Waals surface area contributed by atoms with E-state index < -0.39 is 52.0 Å². The fraction of sp³-hybridized carbons (Fsp3) is 0.483. The summed E-state index contributed by atoms with van der Waals surface area (Å²) in [4.78, 5) is 42.5. The molecule has 7 nitrogen and oxygen atoms in total. The SMILES string of the molecule is CC(C)(C)OC(=O)C1(C(=O)OC(C)(C)C)C(c2cccc(Br)c2)[C@]2(CCOC2=O)N[C@H]1c1ccccc1. The van der Waals surface area contributed by atoms with Gasteiger partial charge < -0.3 is 14.2 Å². The zero-order valence-corrected chi connectivity index (χ0v) is 23.7. The quantitative estimate of drug-likeness (QED) is 0.305. The maximum Gasteiger partial charge on any atom is 0.327 e. The minimum absolute atomic E-state index is 0.163. The Morgan fingerprint density at radius 2 is 1.49 bits per heavy atom. The first-order valence-corrected chi connectivity index (χ1v) is 13.2. The smallest absolute Gasteiger partial charge is 0.327 e. The van der Waals surface area contributed by atoms with Gasteiger partial charge in [-0.25, -0.2) is 0 Å². The van der Waals surface area contributed by atoms with Crippen molar-refractivity contribution in [2.45, 2.75) is 76.7 Å². The van der Waals surface area contributed by atoms with Crippen molar-refractivity contribution in [3.8, 4) is 0 Å². The largest absolute Gasteiger partial charge is 0.464 e. The number of halogens is 1. The molecule has 37 heavy (non-hydrogen) atoms. The summed E-state index contributed by atoms with van der Waals surface area (Å²) in [6.07, 6.45) is 0.277. The van der Waals surface area contributed by atoms with Crippen LogP contribution in [0.4, 0.5) is 0 Å². The molecule has 2 saturated heterocycles. The normalized spacial score (nSPS) is 25.1. The second-order valence-corrected chi connectivity index (χ2v) is 12.6. The number of ether oxygens (including phenoxy) is 3. The maximum absolute atomic E-state index is 14.5. The predicted octanol–water partition coefficient (Wildman–Crippen LogP) is 5.23. The molecule has 2 aromatic carbocycles. The molecule has 198 valence electrons. The van der Waals surface area contributed by atoms with Crippen LogP contribution in [0.15, 0.2) is 59.1 Å². The third kappa shape index (κ3) is 4.93. The lowest BCUT2D eigenvalue weighted by Gasteiger charge is -2.40. The molecular formula is C29H34BrNO6. The van der Waals surface area contributed by atoms with Crippen LogP contribution in [0.25, 0.3) is 0 Å². The molecule has 2 aliphatic heterocycles. The van der Waals surface area contributed by atoms with Gasteiger partial charge in [0.2, 0.25) is 0 Å². The van der Waals surface area contributed by atoms with Gasteiger partial charge in [0.15, 0.2) is 5.41 Å². The molecule has 2 fully saturated rings. The number of nitrogens with one attached hydrogen (secondary N) is 1. The van der Waals surface area contributed by atoms with Crippen molar-refractivity contribution in [3.05, 3.63) is 70.2 Å². The van der Waals surface area contributed by atoms with E-state index in [0.717, 1.165) is 4.47 Å². The molecule has 0 aromatic heterocycles. The Labute approximate surface area is 226 Å². The number of rotatable bonds is 4. The first kappa shape index (κ1) is 27.3. The molecule has 2 heterocycles. The van der Waals surface area contributed by atoms with E-state index in [4.69, 9.17) is 14.2 Å². The van der Waals surface area contributed by atoms with Crippen LogP contribution in [-0.4, -0.2) is 41.3 Å². The van der Waals surface area contributed by atoms with Gasteiger partial charge in [-0.05, 0) is 64.8 Å². The van der Waals surface area contributed by atoms with Crippen molar-refractivity contribution in [1.29, 1.82) is 0 Å². The summed E-state index contributed by atoms with van der Waals surface area (Å²) < 4.78 is 18.2. The number of hydrogen-bond donors (Lipinski definition) is 1. The summed E-state index contributed by atoms with van der Waals surface area (Å²) in [7, 11) is 0. The average Bonchev–Trinajstić information content (AvgIpc) is 3.30. The minimum Gasteiger partial charge on any atom is -0.464 e. The summed E-state index contributed by atoms with van der Waals surface area (Å²) in [5.74, 6) is -2.98. The Hall–Kier alpha value is -2.71. The molecule has 1 N–H and O–H groups in total. The number of hydrogen-bond acceptors (Lipinski definition) is 7. The fourth-order valence-corrected chi connectivity index (χ4v) is 5.86. The molecule has 3 atom stereocenters. The van der Waals surface area contributed by atoms with Crippen LogP contribution in [0.2, 0.25) is 0 Å². The highest BCUT2D eigenvalue weighted by atomic mass is 79.9. The number of benzene rings is 2. The van der Waals surface area contributed by atoms with Gasteiger partial charge in [0.05, 0.1) is 12.6 Å². The van der Waals surface area contributed by atoms with Crippen LogP contribution < -0.4 is 5.32 Å². The van der Waals surface area contributed by atoms with Gasteiger partial charge in [-0.2, -0.15) is 0 Å². The second kappa shape index (κ2) is 9.55. The van der Waals surface area contributed by atoms with E-state index in [2.05, 4.69) is 21.2 Å². The van der Waals surface area contributed by atoms with E-state index in [1.807, 2.05) is 54.6 Å². The van der Waals surface area contributed by atoms with Gasteiger partial charge in [-0.3, -0.25) is 19.7 Å². The third-order valence-electron chi connectivity index (χ3n) is 6.69. The van der Waals surface area contributed by atoms with Crippen LogP contribution in [0.5, 0.6) is 0 Å². The third-order valence-corrected chi connectivity index (χ3v) is 7.18. The monoisotopic (exact) mass is 571 g/mol. The Balaban J connectivity index is 2.10. The number of cyclic esters (lactones) is 1. The average molecular weight is 572 g/mol. The van der Waals surface area contributed by atoms with Gasteiger partial charge in [0, 0.05) is 16.8 Å². The lowest BCUT2D eigenvalue weighted by molar-refractivity contribution is -0.188. The van der Waals surface area contributed by atoms with Crippen molar-refractivity contribution < 1.29 is 28.6 Å². The zero-order valence-electron chi connectivity index (χ0n) is 22.1. The Morgan fingerprint density at radius 3 is 1.97 bits per heavy atom. The molecule has 0 saturated carbocycles. The van der Waals surface area contributed by atoms with Crippen molar-refractivity contribution in [2.75, 3.05) is 6.61 Å². The van der Waals surface area contributed by atoms with Crippen LogP contribution in [0.3, 0.4) is 0 Å². The van der Waals surface area contributed by atoms with E-state index in [0.29, 0.717) is 11.1 Å². The Bertz CT molecular complexity index is 1170. The summed E-state index contributed by atoms with van der Waals surface area (Å²) in [5.41, 5.74) is -3.81. The molecule has 2 aliphatic rings. The first-order valence-electron chi connectivity index (χ1n) is 12.4. The summed E-state index contributed by atoms with van der Waals surface area (Å²) in [6, 6.07) is 15.6. The molecule has 4 rings (SSSR count). The van der Waals surface area contributed by atoms with Crippen LogP contribution in [0.1, 0.15) is 71.0 Å². The highest BCUT2D eigenvalue weighted by Gasteiger charge is 2.76. The molecule has 0 bridgehead atoms. The first-order chi connectivity index (χ1) is 17.2. The standard InChI is InChI=1S/C29H34BrNO6/c1-26(2,3)36-24(33)29(25(34)37-27(4,5)6)21(19-13-10-14-20(30)17-19)28(15-16-35-23(28)32)31-22(29)18-11-8-7-9-12-18/h7-14,17,21-22,31H,15-16H2,1-6H3/t21?,22-,28-/m0/s1. The molecule has 0 aliphatic carbocycles. The van der Waals surface area contributed by atoms with Gasteiger partial charge in [0.25, 0.3) is 0 Å². The van der Waals surface area contributed by atoms with Crippen LogP contribution in [-0.2, 0) is 28.6 Å². The highest BCUT2D eigenvalue weighted by Crippen LogP contribution is 2.61. The fourth-order valence-electron chi connectivity index (χ4n) is 5.44. The highest BCUT2D eigenvalue weighted by molar-refractivity contribution is 9.10. The van der Waals surface area contributed by atoms with Crippen molar-refractivity contribution in [3.63, 3.8) is 0 Å². The van der Waals surface area contributed by atoms with E-state index in [1.165, 1.54) is 0 Å². The summed E-state index contributed by atoms with van der Waals surface area (Å²) in [5, 5.41) is 3.43. The predicted molar refractivity (Wildman–Crippen MR) is 142 cm³/mol. The van der Waals surface area contributed by atoms with Gasteiger partial charge in [-0.1, -0.05) is 58.4 Å². The second-order valence-electron chi connectivity index (χ2n) is 11.7. The minimum atomic E-state index is -1.94. The number of carbonyl (C=O) groups is 3. The zero-order chi connectivity index (χ0) is 27.2. The van der Waals surface area contributed by atoms with E-state index in [-0.39, 0.29) is 13.0 Å². The molecular weight excluding hydrogens is 538 g/mol. The summed E-state index contributed by atoms with van der Waals surface area (Å²) >= 11 is 3.52. The van der Waals surface area contributed by atoms with Gasteiger partial charge in [-0.15, -0.1) is 0 Å². The Kier molecular flexibility index (Phi) is 7.05. The summed E-state index contributed by atoms with van der Waals surface area (Å²) in [6.45, 7) is 10.7. The van der Waals surface area contributed by atoms with Crippen LogP contribution in [0, 0.1) is 5.41 Å². The number of esters is 3. The molecule has 0 radical (unpaired) electrons. The van der Waals surface area contributed by atoms with Crippen molar-refractivity contribution >= 4 is 33.8 Å². The molecule has 8 heteroatoms. The van der Waals surface area contributed by atoms with Crippen LogP contribution >= 0.6 is 15.9 Å².